The van der Waals surface area contributed by atoms with E-state index in [0.29, 0.717) is 6.04 Å². The standard InChI is InChI=1S/C11H15NO2S/c1-8-4-10(14)2-3-12(8)9-5-11(6-13)15-7-9/h5-8,10,14H,2-4H2,1H3/t8-,10-/m1/s1. The Morgan fingerprint density at radius 1 is 1.67 bits per heavy atom. The molecule has 0 unspecified atom stereocenters. The van der Waals surface area contributed by atoms with Crippen molar-refractivity contribution >= 4 is 23.3 Å². The number of aldehydes is 1. The SMILES string of the molecule is C[C@@H]1C[C@H](O)CCN1c1csc(C=O)c1. The Labute approximate surface area is 93.3 Å². The largest absolute Gasteiger partial charge is 0.393 e. The van der Waals surface area contributed by atoms with E-state index in [0.717, 1.165) is 36.2 Å². The number of thiophene rings is 1. The van der Waals surface area contributed by atoms with Gasteiger partial charge in [-0.25, -0.2) is 0 Å². The van der Waals surface area contributed by atoms with Crippen LogP contribution in [0.15, 0.2) is 11.4 Å². The Kier molecular flexibility index (Phi) is 3.07. The second kappa shape index (κ2) is 4.33. The number of aliphatic hydroxyl groups is 1. The minimum Gasteiger partial charge on any atom is -0.393 e. The molecule has 0 aromatic carbocycles. The first-order valence-electron chi connectivity index (χ1n) is 5.19. The number of hydrogen-bond acceptors (Lipinski definition) is 4. The molecule has 1 aliphatic rings. The van der Waals surface area contributed by atoms with Gasteiger partial charge in [-0.3, -0.25) is 4.79 Å². The van der Waals surface area contributed by atoms with Crippen molar-refractivity contribution in [3.63, 3.8) is 0 Å². The van der Waals surface area contributed by atoms with E-state index >= 15 is 0 Å². The minimum atomic E-state index is -0.166. The van der Waals surface area contributed by atoms with Gasteiger partial charge >= 0.3 is 0 Å². The molecular formula is C11H15NO2S. The summed E-state index contributed by atoms with van der Waals surface area (Å²) in [5.74, 6) is 0. The normalized spacial score (nSPS) is 26.7. The van der Waals surface area contributed by atoms with Gasteiger partial charge in [-0.1, -0.05) is 0 Å². The third-order valence-corrected chi connectivity index (χ3v) is 3.75. The van der Waals surface area contributed by atoms with Gasteiger partial charge in [0.2, 0.25) is 0 Å². The fourth-order valence-electron chi connectivity index (χ4n) is 2.09. The van der Waals surface area contributed by atoms with Crippen LogP contribution in [0.25, 0.3) is 0 Å². The van der Waals surface area contributed by atoms with Gasteiger partial charge in [0, 0.05) is 23.7 Å². The van der Waals surface area contributed by atoms with Crippen LogP contribution < -0.4 is 4.90 Å². The molecule has 0 saturated carbocycles. The van der Waals surface area contributed by atoms with Gasteiger partial charge < -0.3 is 10.0 Å². The van der Waals surface area contributed by atoms with Crippen molar-refractivity contribution in [3.8, 4) is 0 Å². The molecule has 3 nitrogen and oxygen atoms in total. The molecule has 1 aliphatic heterocycles. The van der Waals surface area contributed by atoms with Gasteiger partial charge in [-0.2, -0.15) is 0 Å². The summed E-state index contributed by atoms with van der Waals surface area (Å²) in [7, 11) is 0. The molecule has 0 spiro atoms. The third-order valence-electron chi connectivity index (χ3n) is 2.90. The molecule has 2 atom stereocenters. The topological polar surface area (TPSA) is 40.5 Å². The van der Waals surface area contributed by atoms with E-state index in [4.69, 9.17) is 0 Å². The minimum absolute atomic E-state index is 0.166. The molecule has 2 heterocycles. The maximum atomic E-state index is 10.6. The third kappa shape index (κ3) is 2.21. The Balaban J connectivity index is 2.12. The average molecular weight is 225 g/mol. The lowest BCUT2D eigenvalue weighted by Gasteiger charge is -2.36. The summed E-state index contributed by atoms with van der Waals surface area (Å²) in [5.41, 5.74) is 1.11. The van der Waals surface area contributed by atoms with Crippen LogP contribution in [-0.2, 0) is 0 Å². The lowest BCUT2D eigenvalue weighted by atomic mass is 10.0. The first-order valence-corrected chi connectivity index (χ1v) is 6.07. The summed E-state index contributed by atoms with van der Waals surface area (Å²) in [6.45, 7) is 2.98. The second-order valence-corrected chi connectivity index (χ2v) is 4.99. The Morgan fingerprint density at radius 2 is 2.47 bits per heavy atom. The number of piperidine rings is 1. The average Bonchev–Trinajstić information content (AvgIpc) is 2.66. The predicted molar refractivity (Wildman–Crippen MR) is 61.8 cm³/mol. The van der Waals surface area contributed by atoms with Crippen LogP contribution in [0.3, 0.4) is 0 Å². The Bertz CT molecular complexity index is 350. The summed E-state index contributed by atoms with van der Waals surface area (Å²) < 4.78 is 0. The van der Waals surface area contributed by atoms with Crippen LogP contribution in [0.5, 0.6) is 0 Å². The van der Waals surface area contributed by atoms with Crippen molar-refractivity contribution in [2.45, 2.75) is 31.9 Å². The van der Waals surface area contributed by atoms with Gasteiger partial charge in [-0.05, 0) is 25.8 Å². The monoisotopic (exact) mass is 225 g/mol. The van der Waals surface area contributed by atoms with Crippen LogP contribution in [0, 0.1) is 0 Å². The molecule has 0 amide bonds. The van der Waals surface area contributed by atoms with Gasteiger partial charge in [0.15, 0.2) is 6.29 Å². The van der Waals surface area contributed by atoms with E-state index in [1.165, 1.54) is 11.3 Å². The number of aliphatic hydroxyl groups excluding tert-OH is 1. The molecule has 0 bridgehead atoms. The van der Waals surface area contributed by atoms with E-state index in [9.17, 15) is 9.90 Å². The van der Waals surface area contributed by atoms with E-state index in [-0.39, 0.29) is 6.10 Å². The highest BCUT2D eigenvalue weighted by Gasteiger charge is 2.24. The molecule has 0 radical (unpaired) electrons. The van der Waals surface area contributed by atoms with Gasteiger partial charge in [0.25, 0.3) is 0 Å². The molecular weight excluding hydrogens is 210 g/mol. The molecule has 1 N–H and O–H groups in total. The van der Waals surface area contributed by atoms with Gasteiger partial charge in [-0.15, -0.1) is 11.3 Å². The number of carbonyl (C=O) groups is 1. The zero-order valence-electron chi connectivity index (χ0n) is 8.72. The van der Waals surface area contributed by atoms with E-state index < -0.39 is 0 Å². The van der Waals surface area contributed by atoms with Crippen molar-refractivity contribution < 1.29 is 9.90 Å². The van der Waals surface area contributed by atoms with Crippen molar-refractivity contribution in [1.82, 2.24) is 0 Å². The summed E-state index contributed by atoms with van der Waals surface area (Å²) in [6.07, 6.45) is 2.35. The van der Waals surface area contributed by atoms with E-state index in [1.807, 2.05) is 11.4 Å². The highest BCUT2D eigenvalue weighted by Crippen LogP contribution is 2.28. The first-order chi connectivity index (χ1) is 7.20. The van der Waals surface area contributed by atoms with Crippen LogP contribution in [-0.4, -0.2) is 30.1 Å². The first kappa shape index (κ1) is 10.6. The molecule has 1 aromatic heterocycles. The smallest absolute Gasteiger partial charge is 0.160 e. The molecule has 2 rings (SSSR count). The molecule has 82 valence electrons. The summed E-state index contributed by atoms with van der Waals surface area (Å²) in [5, 5.41) is 11.5. The molecule has 4 heteroatoms. The molecule has 1 fully saturated rings. The van der Waals surface area contributed by atoms with Crippen LogP contribution in [0.1, 0.15) is 29.4 Å². The van der Waals surface area contributed by atoms with Crippen molar-refractivity contribution in [3.05, 3.63) is 16.3 Å². The Hall–Kier alpha value is -0.870. The maximum absolute atomic E-state index is 10.6. The number of carbonyl (C=O) groups excluding carboxylic acids is 1. The second-order valence-electron chi connectivity index (χ2n) is 4.05. The summed E-state index contributed by atoms with van der Waals surface area (Å²) in [4.78, 5) is 13.6. The molecule has 15 heavy (non-hydrogen) atoms. The lowest BCUT2D eigenvalue weighted by molar-refractivity contribution is 0.112. The highest BCUT2D eigenvalue weighted by molar-refractivity contribution is 7.12. The van der Waals surface area contributed by atoms with Crippen molar-refractivity contribution in [2.75, 3.05) is 11.4 Å². The molecule has 1 saturated heterocycles. The fourth-order valence-corrected chi connectivity index (χ4v) is 2.79. The number of nitrogens with zero attached hydrogens (tertiary/aromatic N) is 1. The summed E-state index contributed by atoms with van der Waals surface area (Å²) >= 11 is 1.47. The van der Waals surface area contributed by atoms with E-state index in [1.54, 1.807) is 0 Å². The van der Waals surface area contributed by atoms with Crippen LogP contribution in [0.4, 0.5) is 5.69 Å². The van der Waals surface area contributed by atoms with Crippen LogP contribution in [0.2, 0.25) is 0 Å². The molecule has 0 aliphatic carbocycles. The van der Waals surface area contributed by atoms with Crippen molar-refractivity contribution in [2.24, 2.45) is 0 Å². The number of anilines is 1. The van der Waals surface area contributed by atoms with E-state index in [2.05, 4.69) is 11.8 Å². The van der Waals surface area contributed by atoms with Crippen molar-refractivity contribution in [1.29, 1.82) is 0 Å². The van der Waals surface area contributed by atoms with Gasteiger partial charge in [0.1, 0.15) is 0 Å². The zero-order valence-corrected chi connectivity index (χ0v) is 9.54. The molecule has 1 aromatic rings. The fraction of sp³-hybridized carbons (Fsp3) is 0.545. The van der Waals surface area contributed by atoms with Crippen LogP contribution >= 0.6 is 11.3 Å². The zero-order chi connectivity index (χ0) is 10.8. The predicted octanol–water partition coefficient (Wildman–Crippen LogP) is 1.91. The lowest BCUT2D eigenvalue weighted by Crippen LogP contribution is -2.42. The van der Waals surface area contributed by atoms with Gasteiger partial charge in [0.05, 0.1) is 11.0 Å². The highest BCUT2D eigenvalue weighted by atomic mass is 32.1. The Morgan fingerprint density at radius 3 is 3.07 bits per heavy atom. The number of hydrogen-bond donors (Lipinski definition) is 1. The maximum Gasteiger partial charge on any atom is 0.160 e. The number of rotatable bonds is 2. The quantitative estimate of drug-likeness (QED) is 0.782. The summed E-state index contributed by atoms with van der Waals surface area (Å²) in [6, 6.07) is 2.27.